The Balaban J connectivity index is 1.94. The Kier molecular flexibility index (Phi) is 5.27. The van der Waals surface area contributed by atoms with Gasteiger partial charge in [0.2, 0.25) is 0 Å². The van der Waals surface area contributed by atoms with Crippen LogP contribution in [0.25, 0.3) is 0 Å². The molecule has 1 aromatic rings. The molecule has 2 N–H and O–H groups in total. The zero-order valence-corrected chi connectivity index (χ0v) is 12.7. The van der Waals surface area contributed by atoms with Crippen molar-refractivity contribution in [1.29, 1.82) is 0 Å². The molecule has 2 atom stereocenters. The fraction of sp³-hybridized carbons (Fsp3) is 0.500. The summed E-state index contributed by atoms with van der Waals surface area (Å²) in [5, 5.41) is 5.82. The van der Waals surface area contributed by atoms with E-state index in [9.17, 15) is 13.6 Å². The van der Waals surface area contributed by atoms with E-state index in [1.807, 2.05) is 0 Å². The summed E-state index contributed by atoms with van der Waals surface area (Å²) < 4.78 is 31.6. The molecule has 1 aromatic carbocycles. The molecule has 2 unspecified atom stereocenters. The Hall–Kier alpha value is -1.50. The monoisotopic (exact) mass is 316 g/mol. The van der Waals surface area contributed by atoms with E-state index in [1.54, 1.807) is 11.8 Å². The average molecular weight is 316 g/mol. The van der Waals surface area contributed by atoms with Gasteiger partial charge in [-0.25, -0.2) is 13.6 Å². The number of carbonyl (C=O) groups excluding carboxylic acids is 1. The summed E-state index contributed by atoms with van der Waals surface area (Å²) in [6.45, 7) is 0. The molecule has 1 aliphatic rings. The molecule has 0 heterocycles. The third-order valence-electron chi connectivity index (χ3n) is 3.51. The molecule has 1 fully saturated rings. The SMILES string of the molecule is COc1c(F)cc(NC(=O)NC2CCC(SC)C2)cc1F. The summed E-state index contributed by atoms with van der Waals surface area (Å²) in [7, 11) is 1.18. The lowest BCUT2D eigenvalue weighted by Gasteiger charge is -2.14. The van der Waals surface area contributed by atoms with Crippen molar-refractivity contribution in [2.24, 2.45) is 0 Å². The summed E-state index contributed by atoms with van der Waals surface area (Å²) in [5.41, 5.74) is 0.0581. The predicted molar refractivity (Wildman–Crippen MR) is 80.0 cm³/mol. The Morgan fingerprint density at radius 2 is 2.00 bits per heavy atom. The third kappa shape index (κ3) is 4.00. The van der Waals surface area contributed by atoms with Crippen LogP contribution in [0, 0.1) is 11.6 Å². The summed E-state index contributed by atoms with van der Waals surface area (Å²) in [6.07, 6.45) is 4.96. The first kappa shape index (κ1) is 15.9. The summed E-state index contributed by atoms with van der Waals surface area (Å²) >= 11 is 1.79. The van der Waals surface area contributed by atoms with Crippen molar-refractivity contribution in [3.05, 3.63) is 23.8 Å². The van der Waals surface area contributed by atoms with Crippen LogP contribution in [-0.4, -0.2) is 30.7 Å². The Bertz CT molecular complexity index is 505. The quantitative estimate of drug-likeness (QED) is 0.895. The maximum Gasteiger partial charge on any atom is 0.319 e. The van der Waals surface area contributed by atoms with Crippen molar-refractivity contribution in [3.8, 4) is 5.75 Å². The van der Waals surface area contributed by atoms with E-state index in [1.165, 1.54) is 7.11 Å². The van der Waals surface area contributed by atoms with Crippen LogP contribution in [-0.2, 0) is 0 Å². The van der Waals surface area contributed by atoms with Crippen LogP contribution in [0.5, 0.6) is 5.75 Å². The number of rotatable bonds is 4. The van der Waals surface area contributed by atoms with E-state index >= 15 is 0 Å². The van der Waals surface area contributed by atoms with E-state index in [-0.39, 0.29) is 11.7 Å². The second kappa shape index (κ2) is 6.98. The van der Waals surface area contributed by atoms with E-state index in [2.05, 4.69) is 21.6 Å². The van der Waals surface area contributed by atoms with Crippen LogP contribution in [0.3, 0.4) is 0 Å². The first-order valence-electron chi connectivity index (χ1n) is 6.66. The van der Waals surface area contributed by atoms with Gasteiger partial charge >= 0.3 is 6.03 Å². The van der Waals surface area contributed by atoms with Crippen LogP contribution in [0.2, 0.25) is 0 Å². The highest BCUT2D eigenvalue weighted by Crippen LogP contribution is 2.28. The minimum atomic E-state index is -0.851. The number of benzene rings is 1. The maximum absolute atomic E-state index is 13.5. The Morgan fingerprint density at radius 3 is 2.52 bits per heavy atom. The molecule has 0 bridgehead atoms. The highest BCUT2D eigenvalue weighted by atomic mass is 32.2. The Labute approximate surface area is 126 Å². The van der Waals surface area contributed by atoms with Gasteiger partial charge in [0.15, 0.2) is 17.4 Å². The lowest BCUT2D eigenvalue weighted by atomic mass is 10.2. The number of halogens is 2. The van der Waals surface area contributed by atoms with Crippen molar-refractivity contribution >= 4 is 23.5 Å². The molecule has 1 saturated carbocycles. The summed E-state index contributed by atoms with van der Waals surface area (Å²) in [4.78, 5) is 11.8. The van der Waals surface area contributed by atoms with E-state index in [0.717, 1.165) is 31.4 Å². The first-order valence-corrected chi connectivity index (χ1v) is 7.95. The minimum Gasteiger partial charge on any atom is -0.491 e. The number of methoxy groups -OCH3 is 1. The maximum atomic E-state index is 13.5. The van der Waals surface area contributed by atoms with Crippen LogP contribution < -0.4 is 15.4 Å². The van der Waals surface area contributed by atoms with Gasteiger partial charge in [-0.1, -0.05) is 0 Å². The van der Waals surface area contributed by atoms with Gasteiger partial charge in [-0.05, 0) is 25.5 Å². The number of ether oxygens (including phenoxy) is 1. The molecule has 0 spiro atoms. The molecule has 0 radical (unpaired) electrons. The molecule has 116 valence electrons. The molecule has 7 heteroatoms. The number of urea groups is 1. The standard InChI is InChI=1S/C14H18F2N2O2S/c1-20-13-11(15)6-9(7-12(13)16)18-14(19)17-8-3-4-10(5-8)21-2/h6-8,10H,3-5H2,1-2H3,(H2,17,18,19). The number of hydrogen-bond donors (Lipinski definition) is 2. The van der Waals surface area contributed by atoms with Crippen LogP contribution in [0.15, 0.2) is 12.1 Å². The number of anilines is 1. The zero-order chi connectivity index (χ0) is 15.4. The lowest BCUT2D eigenvalue weighted by Crippen LogP contribution is -2.36. The van der Waals surface area contributed by atoms with Crippen molar-refractivity contribution in [2.45, 2.75) is 30.6 Å². The molecule has 2 amide bonds. The number of carbonyl (C=O) groups is 1. The lowest BCUT2D eigenvalue weighted by molar-refractivity contribution is 0.248. The smallest absolute Gasteiger partial charge is 0.319 e. The van der Waals surface area contributed by atoms with Crippen molar-refractivity contribution in [2.75, 3.05) is 18.7 Å². The van der Waals surface area contributed by atoms with Gasteiger partial charge < -0.3 is 15.4 Å². The minimum absolute atomic E-state index is 0.0581. The number of thioether (sulfide) groups is 1. The average Bonchev–Trinajstić information content (AvgIpc) is 2.85. The molecule has 1 aliphatic carbocycles. The molecule has 21 heavy (non-hydrogen) atoms. The van der Waals surface area contributed by atoms with Gasteiger partial charge in [0.25, 0.3) is 0 Å². The zero-order valence-electron chi connectivity index (χ0n) is 11.9. The highest BCUT2D eigenvalue weighted by molar-refractivity contribution is 7.99. The molecule has 2 rings (SSSR count). The number of amides is 2. The summed E-state index contributed by atoms with van der Waals surface area (Å²) in [5.74, 6) is -2.16. The first-order chi connectivity index (χ1) is 10.0. The fourth-order valence-corrected chi connectivity index (χ4v) is 3.26. The second-order valence-corrected chi connectivity index (χ2v) is 6.08. The van der Waals surface area contributed by atoms with Crippen LogP contribution in [0.1, 0.15) is 19.3 Å². The Morgan fingerprint density at radius 1 is 1.33 bits per heavy atom. The predicted octanol–water partition coefficient (Wildman–Crippen LogP) is 3.38. The molecule has 4 nitrogen and oxygen atoms in total. The topological polar surface area (TPSA) is 50.4 Å². The van der Waals surface area contributed by atoms with Gasteiger partial charge in [0, 0.05) is 29.1 Å². The number of nitrogens with one attached hydrogen (secondary N) is 2. The van der Waals surface area contributed by atoms with Gasteiger partial charge in [-0.3, -0.25) is 0 Å². The normalized spacial score (nSPS) is 21.1. The highest BCUT2D eigenvalue weighted by Gasteiger charge is 2.25. The molecule has 0 aliphatic heterocycles. The molecular weight excluding hydrogens is 298 g/mol. The van der Waals surface area contributed by atoms with Crippen LogP contribution >= 0.6 is 11.8 Å². The molecule has 0 aromatic heterocycles. The van der Waals surface area contributed by atoms with Crippen LogP contribution in [0.4, 0.5) is 19.3 Å². The van der Waals surface area contributed by atoms with Gasteiger partial charge in [-0.15, -0.1) is 0 Å². The fourth-order valence-electron chi connectivity index (χ4n) is 2.46. The largest absolute Gasteiger partial charge is 0.491 e. The van der Waals surface area contributed by atoms with Gasteiger partial charge in [0.05, 0.1) is 7.11 Å². The van der Waals surface area contributed by atoms with Gasteiger partial charge in [-0.2, -0.15) is 11.8 Å². The van der Waals surface area contributed by atoms with E-state index in [0.29, 0.717) is 5.25 Å². The molecule has 0 saturated heterocycles. The van der Waals surface area contributed by atoms with E-state index < -0.39 is 23.4 Å². The molecular formula is C14H18F2N2O2S. The second-order valence-electron chi connectivity index (χ2n) is 4.94. The van der Waals surface area contributed by atoms with E-state index in [4.69, 9.17) is 0 Å². The number of hydrogen-bond acceptors (Lipinski definition) is 3. The van der Waals surface area contributed by atoms with Crippen molar-refractivity contribution in [1.82, 2.24) is 5.32 Å². The summed E-state index contributed by atoms with van der Waals surface area (Å²) in [6, 6.07) is 1.71. The third-order valence-corrected chi connectivity index (χ3v) is 4.61. The van der Waals surface area contributed by atoms with Gasteiger partial charge in [0.1, 0.15) is 0 Å². The van der Waals surface area contributed by atoms with Crippen molar-refractivity contribution in [3.63, 3.8) is 0 Å². The van der Waals surface area contributed by atoms with Crippen molar-refractivity contribution < 1.29 is 18.3 Å².